The minimum atomic E-state index is -0.803. The molecule has 0 unspecified atom stereocenters. The second-order valence-electron chi connectivity index (χ2n) is 4.96. The molecule has 0 aliphatic carbocycles. The first kappa shape index (κ1) is 17.7. The molecule has 0 atom stereocenters. The highest BCUT2D eigenvalue weighted by molar-refractivity contribution is 5.94. The average Bonchev–Trinajstić information content (AvgIpc) is 2.48. The Balaban J connectivity index is 2.15. The summed E-state index contributed by atoms with van der Waals surface area (Å²) in [6.45, 7) is 2.10. The highest BCUT2D eigenvalue weighted by Crippen LogP contribution is 2.06. The number of nitrogens with one attached hydrogen (secondary N) is 1. The number of aliphatic carboxylic acids is 1. The minimum absolute atomic E-state index is 0.00638. The smallest absolute Gasteiger partial charge is 0.407 e. The van der Waals surface area contributed by atoms with Crippen molar-refractivity contribution >= 4 is 17.8 Å². The zero-order valence-electron chi connectivity index (χ0n) is 12.6. The van der Waals surface area contributed by atoms with Crippen molar-refractivity contribution in [3.05, 3.63) is 35.4 Å². The van der Waals surface area contributed by atoms with Crippen molar-refractivity contribution in [2.75, 3.05) is 6.54 Å². The van der Waals surface area contributed by atoms with Gasteiger partial charge in [-0.2, -0.15) is 0 Å². The van der Waals surface area contributed by atoms with Crippen LogP contribution in [0.1, 0.15) is 48.5 Å². The fourth-order valence-corrected chi connectivity index (χ4v) is 1.80. The molecule has 0 saturated carbocycles. The summed E-state index contributed by atoms with van der Waals surface area (Å²) in [5, 5.41) is 11.1. The van der Waals surface area contributed by atoms with E-state index in [0.717, 1.165) is 18.4 Å². The lowest BCUT2D eigenvalue weighted by Crippen LogP contribution is -2.25. The van der Waals surface area contributed by atoms with Crippen LogP contribution in [-0.2, 0) is 16.1 Å². The number of hydrogen-bond donors (Lipinski definition) is 2. The summed E-state index contributed by atoms with van der Waals surface area (Å²) in [4.78, 5) is 32.9. The maximum absolute atomic E-state index is 11.5. The Bertz CT molecular complexity index is 510. The van der Waals surface area contributed by atoms with Gasteiger partial charge in [0.05, 0.1) is 0 Å². The highest BCUT2D eigenvalue weighted by atomic mass is 16.5. The molecule has 0 aliphatic heterocycles. The molecular weight excluding hydrogens is 286 g/mol. The lowest BCUT2D eigenvalue weighted by Gasteiger charge is -2.07. The summed E-state index contributed by atoms with van der Waals surface area (Å²) in [6, 6.07) is 6.88. The molecule has 1 aromatic carbocycles. The van der Waals surface area contributed by atoms with Gasteiger partial charge in [0.2, 0.25) is 0 Å². The number of amides is 1. The number of carbonyl (C=O) groups is 3. The summed E-state index contributed by atoms with van der Waals surface area (Å²) in [5.41, 5.74) is 1.43. The van der Waals surface area contributed by atoms with Gasteiger partial charge in [0.15, 0.2) is 5.78 Å². The maximum Gasteiger partial charge on any atom is 0.407 e. The van der Waals surface area contributed by atoms with Gasteiger partial charge < -0.3 is 15.2 Å². The van der Waals surface area contributed by atoms with Crippen LogP contribution in [0.3, 0.4) is 0 Å². The van der Waals surface area contributed by atoms with Gasteiger partial charge in [-0.25, -0.2) is 4.79 Å². The van der Waals surface area contributed by atoms with Gasteiger partial charge in [0, 0.05) is 18.5 Å². The number of rotatable bonds is 9. The molecule has 0 spiro atoms. The third-order valence-electron chi connectivity index (χ3n) is 3.07. The van der Waals surface area contributed by atoms with Crippen molar-refractivity contribution in [3.63, 3.8) is 0 Å². The molecule has 0 saturated heterocycles. The first-order valence-electron chi connectivity index (χ1n) is 7.21. The van der Waals surface area contributed by atoms with Crippen LogP contribution in [-0.4, -0.2) is 29.5 Å². The number of hydrogen-bond acceptors (Lipinski definition) is 4. The lowest BCUT2D eigenvalue weighted by molar-refractivity contribution is -0.137. The SMILES string of the molecule is CC(=O)c1ccc(COC(=O)NCCCCCC(=O)O)cc1. The van der Waals surface area contributed by atoms with Crippen molar-refractivity contribution < 1.29 is 24.2 Å². The van der Waals surface area contributed by atoms with Gasteiger partial charge in [-0.15, -0.1) is 0 Å². The number of carboxylic acid groups (broad SMARTS) is 1. The first-order valence-corrected chi connectivity index (χ1v) is 7.21. The number of unbranched alkanes of at least 4 members (excludes halogenated alkanes) is 2. The third kappa shape index (κ3) is 7.42. The van der Waals surface area contributed by atoms with Crippen molar-refractivity contribution in [2.45, 2.75) is 39.2 Å². The predicted octanol–water partition coefficient (Wildman–Crippen LogP) is 2.76. The van der Waals surface area contributed by atoms with Crippen molar-refractivity contribution in [1.29, 1.82) is 0 Å². The van der Waals surface area contributed by atoms with E-state index in [1.807, 2.05) is 0 Å². The van der Waals surface area contributed by atoms with E-state index in [2.05, 4.69) is 5.32 Å². The number of alkyl carbamates (subject to hydrolysis) is 1. The van der Waals surface area contributed by atoms with Gasteiger partial charge >= 0.3 is 12.1 Å². The standard InChI is InChI=1S/C16H21NO5/c1-12(18)14-8-6-13(7-9-14)11-22-16(21)17-10-4-2-3-5-15(19)20/h6-9H,2-5,10-11H2,1H3,(H,17,21)(H,19,20). The minimum Gasteiger partial charge on any atom is -0.481 e. The molecule has 6 nitrogen and oxygen atoms in total. The van der Waals surface area contributed by atoms with Gasteiger partial charge in [0.1, 0.15) is 6.61 Å². The zero-order chi connectivity index (χ0) is 16.4. The van der Waals surface area contributed by atoms with Crippen LogP contribution >= 0.6 is 0 Å². The summed E-state index contributed by atoms with van der Waals surface area (Å²) in [7, 11) is 0. The molecule has 2 N–H and O–H groups in total. The molecule has 0 bridgehead atoms. The molecule has 1 aromatic rings. The van der Waals surface area contributed by atoms with Crippen LogP contribution in [0.15, 0.2) is 24.3 Å². The summed E-state index contributed by atoms with van der Waals surface area (Å²) in [5.74, 6) is -0.809. The molecule has 1 rings (SSSR count). The normalized spacial score (nSPS) is 10.0. The highest BCUT2D eigenvalue weighted by Gasteiger charge is 2.04. The number of ether oxygens (including phenoxy) is 1. The topological polar surface area (TPSA) is 92.7 Å². The fraction of sp³-hybridized carbons (Fsp3) is 0.438. The Kier molecular flexibility index (Phi) is 7.67. The molecule has 0 fully saturated rings. The zero-order valence-corrected chi connectivity index (χ0v) is 12.6. The van der Waals surface area contributed by atoms with Crippen LogP contribution < -0.4 is 5.32 Å². The molecule has 22 heavy (non-hydrogen) atoms. The van der Waals surface area contributed by atoms with Crippen LogP contribution in [0.2, 0.25) is 0 Å². The molecule has 0 heterocycles. The van der Waals surface area contributed by atoms with Crippen LogP contribution in [0.5, 0.6) is 0 Å². The number of ketones is 1. The lowest BCUT2D eigenvalue weighted by atomic mass is 10.1. The van der Waals surface area contributed by atoms with E-state index in [-0.39, 0.29) is 18.8 Å². The first-order chi connectivity index (χ1) is 10.5. The Hall–Kier alpha value is -2.37. The molecular formula is C16H21NO5. The van der Waals surface area contributed by atoms with Crippen LogP contribution in [0, 0.1) is 0 Å². The molecule has 6 heteroatoms. The Morgan fingerprint density at radius 2 is 1.77 bits per heavy atom. The second-order valence-corrected chi connectivity index (χ2v) is 4.96. The van der Waals surface area contributed by atoms with Gasteiger partial charge in [0.25, 0.3) is 0 Å². The van der Waals surface area contributed by atoms with Crippen molar-refractivity contribution in [1.82, 2.24) is 5.32 Å². The molecule has 0 aromatic heterocycles. The monoisotopic (exact) mass is 307 g/mol. The molecule has 1 amide bonds. The number of carboxylic acids is 1. The number of carbonyl (C=O) groups excluding carboxylic acids is 2. The van der Waals surface area contributed by atoms with E-state index in [0.29, 0.717) is 18.5 Å². The predicted molar refractivity (Wildman–Crippen MR) is 80.7 cm³/mol. The molecule has 0 aliphatic rings. The van der Waals surface area contributed by atoms with Gasteiger partial charge in [-0.1, -0.05) is 30.7 Å². The van der Waals surface area contributed by atoms with E-state index in [1.54, 1.807) is 24.3 Å². The number of benzene rings is 1. The van der Waals surface area contributed by atoms with E-state index >= 15 is 0 Å². The van der Waals surface area contributed by atoms with Gasteiger partial charge in [-0.05, 0) is 25.3 Å². The van der Waals surface area contributed by atoms with Crippen molar-refractivity contribution in [3.8, 4) is 0 Å². The van der Waals surface area contributed by atoms with Gasteiger partial charge in [-0.3, -0.25) is 9.59 Å². The Morgan fingerprint density at radius 3 is 2.36 bits per heavy atom. The van der Waals surface area contributed by atoms with Crippen LogP contribution in [0.25, 0.3) is 0 Å². The Labute approximate surface area is 129 Å². The quantitative estimate of drug-likeness (QED) is 0.540. The second kappa shape index (κ2) is 9.55. The fourth-order valence-electron chi connectivity index (χ4n) is 1.80. The third-order valence-corrected chi connectivity index (χ3v) is 3.07. The summed E-state index contributed by atoms with van der Waals surface area (Å²) >= 11 is 0. The number of Topliss-reactive ketones (excluding diaryl/α,β-unsaturated/α-hetero) is 1. The largest absolute Gasteiger partial charge is 0.481 e. The molecule has 120 valence electrons. The summed E-state index contributed by atoms with van der Waals surface area (Å²) < 4.78 is 5.04. The Morgan fingerprint density at radius 1 is 1.09 bits per heavy atom. The maximum atomic E-state index is 11.5. The summed E-state index contributed by atoms with van der Waals surface area (Å²) in [6.07, 6.45) is 1.72. The average molecular weight is 307 g/mol. The van der Waals surface area contributed by atoms with E-state index in [9.17, 15) is 14.4 Å². The molecule has 0 radical (unpaired) electrons. The van der Waals surface area contributed by atoms with E-state index < -0.39 is 12.1 Å². The van der Waals surface area contributed by atoms with E-state index in [4.69, 9.17) is 9.84 Å². The van der Waals surface area contributed by atoms with Crippen molar-refractivity contribution in [2.24, 2.45) is 0 Å². The van der Waals surface area contributed by atoms with Crippen LogP contribution in [0.4, 0.5) is 4.79 Å². The van der Waals surface area contributed by atoms with E-state index in [1.165, 1.54) is 6.92 Å².